The summed E-state index contributed by atoms with van der Waals surface area (Å²) in [6.45, 7) is 13.1. The van der Waals surface area contributed by atoms with E-state index in [-0.39, 0.29) is 40.0 Å². The normalized spacial score (nSPS) is 33.8. The summed E-state index contributed by atoms with van der Waals surface area (Å²) in [6.07, 6.45) is 5.53. The lowest BCUT2D eigenvalue weighted by Crippen LogP contribution is -2.76. The smallest absolute Gasteiger partial charge is 0.408 e. The molecule has 0 heterocycles. The van der Waals surface area contributed by atoms with Crippen molar-refractivity contribution in [3.63, 3.8) is 0 Å². The second-order valence-corrected chi connectivity index (χ2v) is 12.9. The number of amides is 2. The SMILES string of the molecule is CC(C#N)C12CC(NC(=O)OC(C)(C)C)(C1)C2.CC(C)(C)OC(=O)NC12CC(CC#N)(C1)C2.CI. The summed E-state index contributed by atoms with van der Waals surface area (Å²) in [5.74, 6) is 0.0878. The van der Waals surface area contributed by atoms with Crippen LogP contribution in [0.1, 0.15) is 93.4 Å². The third-order valence-electron chi connectivity index (χ3n) is 7.31. The molecule has 4 bridgehead atoms. The van der Waals surface area contributed by atoms with Gasteiger partial charge in [0.1, 0.15) is 11.2 Å². The van der Waals surface area contributed by atoms with Gasteiger partial charge in [-0.3, -0.25) is 0 Å². The van der Waals surface area contributed by atoms with Crippen molar-refractivity contribution in [2.75, 3.05) is 4.93 Å². The fourth-order valence-corrected chi connectivity index (χ4v) is 6.12. The highest BCUT2D eigenvalue weighted by Gasteiger charge is 2.71. The Bertz CT molecular complexity index is 867. The van der Waals surface area contributed by atoms with Crippen molar-refractivity contribution in [2.24, 2.45) is 16.7 Å². The molecule has 0 aromatic carbocycles. The highest BCUT2D eigenvalue weighted by Crippen LogP contribution is 2.70. The van der Waals surface area contributed by atoms with E-state index in [1.165, 1.54) is 0 Å². The third-order valence-corrected chi connectivity index (χ3v) is 7.31. The monoisotopic (exact) mass is 600 g/mol. The molecule has 0 saturated heterocycles. The fourth-order valence-electron chi connectivity index (χ4n) is 6.12. The molecule has 0 aliphatic heterocycles. The number of hydrogen-bond donors (Lipinski definition) is 2. The lowest BCUT2D eigenvalue weighted by molar-refractivity contribution is -0.171. The molecule has 6 fully saturated rings. The van der Waals surface area contributed by atoms with Crippen molar-refractivity contribution in [2.45, 2.75) is 116 Å². The van der Waals surface area contributed by atoms with Crippen LogP contribution in [0.15, 0.2) is 0 Å². The molecule has 9 heteroatoms. The number of nitrogens with zero attached hydrogens (tertiary/aromatic N) is 2. The summed E-state index contributed by atoms with van der Waals surface area (Å²) in [6, 6.07) is 4.52. The van der Waals surface area contributed by atoms with E-state index in [1.54, 1.807) is 0 Å². The highest BCUT2D eigenvalue weighted by atomic mass is 127. The summed E-state index contributed by atoms with van der Waals surface area (Å²) in [7, 11) is 0. The summed E-state index contributed by atoms with van der Waals surface area (Å²) >= 11 is 2.15. The highest BCUT2D eigenvalue weighted by molar-refractivity contribution is 14.1. The van der Waals surface area contributed by atoms with E-state index in [4.69, 9.17) is 20.0 Å². The summed E-state index contributed by atoms with van der Waals surface area (Å²) in [5.41, 5.74) is -0.649. The molecule has 0 aromatic heterocycles. The fraction of sp³-hybridized carbons (Fsp3) is 0.846. The van der Waals surface area contributed by atoms with Crippen molar-refractivity contribution in [3.05, 3.63) is 0 Å². The van der Waals surface area contributed by atoms with E-state index in [0.29, 0.717) is 6.42 Å². The Morgan fingerprint density at radius 2 is 1.23 bits per heavy atom. The van der Waals surface area contributed by atoms with Gasteiger partial charge in [0.2, 0.25) is 0 Å². The Morgan fingerprint density at radius 1 is 0.857 bits per heavy atom. The molecule has 2 amide bonds. The van der Waals surface area contributed by atoms with Crippen molar-refractivity contribution >= 4 is 34.8 Å². The first-order valence-electron chi connectivity index (χ1n) is 12.2. The van der Waals surface area contributed by atoms with Crippen LogP contribution in [0.25, 0.3) is 0 Å². The van der Waals surface area contributed by atoms with Crippen LogP contribution in [0, 0.1) is 39.4 Å². The Kier molecular flexibility index (Phi) is 8.38. The van der Waals surface area contributed by atoms with Gasteiger partial charge in [-0.15, -0.1) is 0 Å². The molecule has 2 N–H and O–H groups in total. The average molecular weight is 601 g/mol. The van der Waals surface area contributed by atoms with Crippen molar-refractivity contribution < 1.29 is 19.1 Å². The van der Waals surface area contributed by atoms with Gasteiger partial charge in [-0.2, -0.15) is 10.5 Å². The van der Waals surface area contributed by atoms with Gasteiger partial charge < -0.3 is 20.1 Å². The maximum Gasteiger partial charge on any atom is 0.408 e. The van der Waals surface area contributed by atoms with Gasteiger partial charge >= 0.3 is 12.2 Å². The van der Waals surface area contributed by atoms with E-state index in [2.05, 4.69) is 45.4 Å². The van der Waals surface area contributed by atoms with Crippen LogP contribution >= 0.6 is 22.6 Å². The number of ether oxygens (including phenoxy) is 2. The molecule has 6 aliphatic carbocycles. The number of alkyl halides is 1. The van der Waals surface area contributed by atoms with Gasteiger partial charge in [-0.25, -0.2) is 9.59 Å². The molecule has 196 valence electrons. The van der Waals surface area contributed by atoms with Crippen molar-refractivity contribution in [1.29, 1.82) is 10.5 Å². The van der Waals surface area contributed by atoms with E-state index in [0.717, 1.165) is 38.5 Å². The number of carbonyl (C=O) groups excluding carboxylic acids is 2. The van der Waals surface area contributed by atoms with Gasteiger partial charge in [0.25, 0.3) is 0 Å². The van der Waals surface area contributed by atoms with Gasteiger partial charge in [-0.1, -0.05) is 22.6 Å². The van der Waals surface area contributed by atoms with Crippen LogP contribution in [0.2, 0.25) is 0 Å². The minimum atomic E-state index is -0.453. The van der Waals surface area contributed by atoms with Gasteiger partial charge in [0.15, 0.2) is 0 Å². The predicted molar refractivity (Wildman–Crippen MR) is 142 cm³/mol. The second kappa shape index (κ2) is 9.95. The molecule has 6 rings (SSSR count). The predicted octanol–water partition coefficient (Wildman–Crippen LogP) is 5.99. The number of carbonyl (C=O) groups is 2. The van der Waals surface area contributed by atoms with E-state index in [9.17, 15) is 9.59 Å². The molecule has 6 saturated carbocycles. The van der Waals surface area contributed by atoms with Crippen LogP contribution in [0.3, 0.4) is 0 Å². The maximum atomic E-state index is 11.6. The molecule has 35 heavy (non-hydrogen) atoms. The largest absolute Gasteiger partial charge is 0.444 e. The number of nitrogens with one attached hydrogen (secondary N) is 2. The van der Waals surface area contributed by atoms with Gasteiger partial charge in [0.05, 0.1) is 12.1 Å². The molecular formula is C26H41IN4O4. The van der Waals surface area contributed by atoms with E-state index >= 15 is 0 Å². The minimum Gasteiger partial charge on any atom is -0.444 e. The number of hydrogen-bond acceptors (Lipinski definition) is 6. The Balaban J connectivity index is 0.000000231. The molecule has 6 aliphatic rings. The number of alkyl carbamates (subject to hydrolysis) is 2. The molecule has 8 nitrogen and oxygen atoms in total. The van der Waals surface area contributed by atoms with E-state index in [1.807, 2.05) is 53.4 Å². The molecule has 0 aromatic rings. The first-order valence-corrected chi connectivity index (χ1v) is 14.3. The Morgan fingerprint density at radius 3 is 1.54 bits per heavy atom. The van der Waals surface area contributed by atoms with Crippen molar-refractivity contribution in [3.8, 4) is 12.1 Å². The second-order valence-electron chi connectivity index (χ2n) is 12.9. The van der Waals surface area contributed by atoms with Crippen LogP contribution < -0.4 is 10.6 Å². The van der Waals surface area contributed by atoms with Crippen LogP contribution in [0.4, 0.5) is 9.59 Å². The number of halogens is 1. The molecular weight excluding hydrogens is 559 g/mol. The zero-order chi connectivity index (χ0) is 26.9. The van der Waals surface area contributed by atoms with Crippen LogP contribution in [0.5, 0.6) is 0 Å². The molecule has 1 atom stereocenters. The summed E-state index contributed by atoms with van der Waals surface area (Å²) < 4.78 is 10.5. The lowest BCUT2D eigenvalue weighted by Gasteiger charge is -2.71. The van der Waals surface area contributed by atoms with Crippen LogP contribution in [-0.2, 0) is 9.47 Å². The number of nitriles is 2. The summed E-state index contributed by atoms with van der Waals surface area (Å²) in [5, 5.41) is 23.4. The molecule has 0 spiro atoms. The van der Waals surface area contributed by atoms with Gasteiger partial charge in [0, 0.05) is 23.4 Å². The van der Waals surface area contributed by atoms with Crippen LogP contribution in [-0.4, -0.2) is 39.4 Å². The average Bonchev–Trinajstić information content (AvgIpc) is 2.59. The van der Waals surface area contributed by atoms with Gasteiger partial charge in [-0.05, 0) is 103 Å². The first kappa shape index (κ1) is 29.5. The first-order chi connectivity index (χ1) is 16.0. The lowest BCUT2D eigenvalue weighted by atomic mass is 9.36. The molecule has 1 unspecified atom stereocenters. The minimum absolute atomic E-state index is 0.0564. The quantitative estimate of drug-likeness (QED) is 0.302. The third kappa shape index (κ3) is 6.72. The topological polar surface area (TPSA) is 124 Å². The zero-order valence-electron chi connectivity index (χ0n) is 22.4. The zero-order valence-corrected chi connectivity index (χ0v) is 24.6. The molecule has 0 radical (unpaired) electrons. The van der Waals surface area contributed by atoms with E-state index < -0.39 is 11.2 Å². The maximum absolute atomic E-state index is 11.6. The Hall–Kier alpha value is -1.75. The standard InChI is InChI=1S/C13H20N2O2.C12H18N2O2.CH3I/c1-9(5-14)12-6-13(7-12,8-12)15-10(16)17-11(2,3)4;1-10(2,3)16-9(15)14-12-6-11(7-12,8-12)4-5-13;1-2/h9H,6-8H2,1-4H3,(H,15,16);4,6-8H2,1-3H3,(H,14,15);1H3. The number of rotatable bonds is 4. The van der Waals surface area contributed by atoms with Crippen molar-refractivity contribution in [1.82, 2.24) is 10.6 Å². The summed E-state index contributed by atoms with van der Waals surface area (Å²) in [4.78, 5) is 25.2. The Labute approximate surface area is 224 Å².